The highest BCUT2D eigenvalue weighted by atomic mass is 19.1. The highest BCUT2D eigenvalue weighted by molar-refractivity contribution is 6.01. The van der Waals surface area contributed by atoms with Gasteiger partial charge in [0.05, 0.1) is 24.3 Å². The van der Waals surface area contributed by atoms with E-state index in [-0.39, 0.29) is 12.5 Å². The van der Waals surface area contributed by atoms with E-state index in [4.69, 9.17) is 6.57 Å². The number of carbonyl (C=O) groups excluding carboxylic acids is 1. The predicted octanol–water partition coefficient (Wildman–Crippen LogP) is 5.69. The lowest BCUT2D eigenvalue weighted by molar-refractivity contribution is -0.116. The molecule has 0 aliphatic carbocycles. The van der Waals surface area contributed by atoms with Crippen LogP contribution in [0.5, 0.6) is 0 Å². The monoisotopic (exact) mass is 510 g/mol. The number of anilines is 1. The number of aromatic amines is 1. The molecule has 0 bridgehead atoms. The molecule has 8 heteroatoms. The summed E-state index contributed by atoms with van der Waals surface area (Å²) in [5.74, 6) is -0.716. The van der Waals surface area contributed by atoms with Crippen LogP contribution in [-0.4, -0.2) is 60.1 Å². The molecule has 0 saturated carbocycles. The third kappa shape index (κ3) is 4.78. The molecule has 0 spiro atoms. The predicted molar refractivity (Wildman–Crippen MR) is 150 cm³/mol. The molecule has 0 saturated heterocycles. The Kier molecular flexibility index (Phi) is 6.74. The average molecular weight is 511 g/mol. The van der Waals surface area contributed by atoms with Gasteiger partial charge in [-0.1, -0.05) is 6.07 Å². The average Bonchev–Trinajstić information content (AvgIpc) is 3.25. The molecule has 0 radical (unpaired) electrons. The maximum absolute atomic E-state index is 15.6. The molecule has 3 aromatic carbocycles. The molecule has 194 valence electrons. The van der Waals surface area contributed by atoms with Gasteiger partial charge in [0.25, 0.3) is 0 Å². The zero-order valence-electron chi connectivity index (χ0n) is 22.4. The lowest BCUT2D eigenvalue weighted by Gasteiger charge is -2.26. The maximum Gasteiger partial charge on any atom is 0.238 e. The number of benzene rings is 3. The summed E-state index contributed by atoms with van der Waals surface area (Å²) in [5.41, 5.74) is 8.66. The van der Waals surface area contributed by atoms with Gasteiger partial charge in [0, 0.05) is 35.3 Å². The summed E-state index contributed by atoms with van der Waals surface area (Å²) in [6, 6.07) is 11.0. The summed E-state index contributed by atoms with van der Waals surface area (Å²) >= 11 is 0. The second-order valence-electron chi connectivity index (χ2n) is 10.5. The molecule has 1 aliphatic rings. The highest BCUT2D eigenvalue weighted by Crippen LogP contribution is 2.41. The van der Waals surface area contributed by atoms with Crippen LogP contribution in [0.15, 0.2) is 36.4 Å². The first kappa shape index (κ1) is 25.6. The Morgan fingerprint density at radius 3 is 2.68 bits per heavy atom. The number of nitrogens with one attached hydrogen (secondary N) is 2. The van der Waals surface area contributed by atoms with Crippen molar-refractivity contribution in [2.45, 2.75) is 26.8 Å². The maximum atomic E-state index is 15.6. The third-order valence-corrected chi connectivity index (χ3v) is 7.12. The molecule has 0 fully saturated rings. The second-order valence-corrected chi connectivity index (χ2v) is 10.5. The van der Waals surface area contributed by atoms with Gasteiger partial charge in [-0.05, 0) is 99.6 Å². The lowest BCUT2D eigenvalue weighted by Crippen LogP contribution is -2.27. The third-order valence-electron chi connectivity index (χ3n) is 7.12. The summed E-state index contributed by atoms with van der Waals surface area (Å²) in [5, 5.41) is 11.3. The number of aromatic nitrogens is 2. The molecule has 0 unspecified atom stereocenters. The van der Waals surface area contributed by atoms with Crippen LogP contribution in [0.25, 0.3) is 38.1 Å². The van der Waals surface area contributed by atoms with Gasteiger partial charge in [-0.25, -0.2) is 9.24 Å². The largest absolute Gasteiger partial charge is 0.325 e. The van der Waals surface area contributed by atoms with Crippen molar-refractivity contribution in [1.29, 1.82) is 0 Å². The van der Waals surface area contributed by atoms with Gasteiger partial charge in [0.2, 0.25) is 5.91 Å². The minimum Gasteiger partial charge on any atom is -0.325 e. The summed E-state index contributed by atoms with van der Waals surface area (Å²) in [6.07, 6.45) is 1.03. The molecule has 1 amide bonds. The van der Waals surface area contributed by atoms with Crippen LogP contribution in [0.3, 0.4) is 0 Å². The van der Waals surface area contributed by atoms with Gasteiger partial charge >= 0.3 is 0 Å². The Hall–Kier alpha value is -4.06. The first-order valence-electron chi connectivity index (χ1n) is 12.6. The molecule has 7 nitrogen and oxygen atoms in total. The van der Waals surface area contributed by atoms with E-state index < -0.39 is 5.82 Å². The van der Waals surface area contributed by atoms with Crippen molar-refractivity contribution in [1.82, 2.24) is 20.0 Å². The number of H-pyrrole nitrogens is 1. The fraction of sp³-hybridized carbons (Fsp3) is 0.300. The van der Waals surface area contributed by atoms with Crippen LogP contribution in [0.4, 0.5) is 15.8 Å². The Labute approximate surface area is 222 Å². The quantitative estimate of drug-likeness (QED) is 0.339. The Morgan fingerprint density at radius 2 is 1.97 bits per heavy atom. The van der Waals surface area contributed by atoms with Crippen molar-refractivity contribution in [3.05, 3.63) is 75.9 Å². The molecule has 0 atom stereocenters. The molecule has 38 heavy (non-hydrogen) atoms. The van der Waals surface area contributed by atoms with Crippen LogP contribution in [-0.2, 0) is 17.8 Å². The molecule has 4 aromatic rings. The fourth-order valence-corrected chi connectivity index (χ4v) is 5.41. The molecular weight excluding hydrogens is 479 g/mol. The number of fused-ring (bicyclic) bond motifs is 2. The number of nitrogens with zero attached hydrogens (tertiary/aromatic N) is 4. The first-order valence-corrected chi connectivity index (χ1v) is 12.6. The Bertz CT molecular complexity index is 1590. The van der Waals surface area contributed by atoms with E-state index >= 15 is 4.39 Å². The Balaban J connectivity index is 1.60. The van der Waals surface area contributed by atoms with Crippen LogP contribution in [0, 0.1) is 26.2 Å². The van der Waals surface area contributed by atoms with E-state index in [9.17, 15) is 4.79 Å². The van der Waals surface area contributed by atoms with E-state index in [0.29, 0.717) is 28.1 Å². The minimum atomic E-state index is -0.493. The van der Waals surface area contributed by atoms with Gasteiger partial charge in [-0.3, -0.25) is 9.89 Å². The number of hydrogen-bond donors (Lipinski definition) is 2. The van der Waals surface area contributed by atoms with Crippen LogP contribution >= 0.6 is 0 Å². The number of likely N-dealkylation sites (N-methyl/N-ethyl adjacent to an activating group) is 2. The standard InChI is InChI=1S/C30H31FN6O/c1-17-9-19(11-20-15-37(6)8-7-22(17)20)30-24-13-23(26(32-3)14-27(24)34-35-30)29-18(2)10-21(12-25(29)31)33-28(38)16-36(4)5/h9-14H,7-8,15-16H2,1-2,4-6H3,(H,33,38)(H,34,35). The first-order chi connectivity index (χ1) is 18.1. The highest BCUT2D eigenvalue weighted by Gasteiger charge is 2.21. The molecular formula is C30H31FN6O. The smallest absolute Gasteiger partial charge is 0.238 e. The van der Waals surface area contributed by atoms with Crippen LogP contribution in [0.2, 0.25) is 0 Å². The van der Waals surface area contributed by atoms with E-state index in [1.807, 2.05) is 6.07 Å². The number of amides is 1. The van der Waals surface area contributed by atoms with Crippen molar-refractivity contribution < 1.29 is 9.18 Å². The van der Waals surface area contributed by atoms with Crippen LogP contribution < -0.4 is 5.32 Å². The van der Waals surface area contributed by atoms with Gasteiger partial charge in [0.15, 0.2) is 5.69 Å². The molecule has 2 N–H and O–H groups in total. The molecule has 2 heterocycles. The lowest BCUT2D eigenvalue weighted by atomic mass is 9.91. The summed E-state index contributed by atoms with van der Waals surface area (Å²) in [6.45, 7) is 13.8. The summed E-state index contributed by atoms with van der Waals surface area (Å²) in [7, 11) is 5.72. The molecule has 1 aliphatic heterocycles. The van der Waals surface area contributed by atoms with E-state index in [2.05, 4.69) is 51.4 Å². The topological polar surface area (TPSA) is 68.6 Å². The zero-order chi connectivity index (χ0) is 27.1. The van der Waals surface area contributed by atoms with Gasteiger partial charge in [-0.2, -0.15) is 5.10 Å². The van der Waals surface area contributed by atoms with E-state index in [1.54, 1.807) is 38.1 Å². The van der Waals surface area contributed by atoms with Crippen molar-refractivity contribution in [2.75, 3.05) is 39.5 Å². The number of halogens is 1. The molecule has 5 rings (SSSR count). The van der Waals surface area contributed by atoms with E-state index in [1.165, 1.54) is 22.8 Å². The van der Waals surface area contributed by atoms with Crippen molar-refractivity contribution in [3.63, 3.8) is 0 Å². The number of carbonyl (C=O) groups is 1. The zero-order valence-corrected chi connectivity index (χ0v) is 22.4. The number of rotatable bonds is 5. The number of aryl methyl sites for hydroxylation is 2. The summed E-state index contributed by atoms with van der Waals surface area (Å²) in [4.78, 5) is 19.9. The normalized spacial score (nSPS) is 13.5. The van der Waals surface area contributed by atoms with Gasteiger partial charge in [0.1, 0.15) is 5.82 Å². The number of hydrogen-bond acceptors (Lipinski definition) is 4. The second kappa shape index (κ2) is 10.0. The van der Waals surface area contributed by atoms with Gasteiger partial charge < -0.3 is 15.1 Å². The van der Waals surface area contributed by atoms with Gasteiger partial charge in [-0.15, -0.1) is 0 Å². The van der Waals surface area contributed by atoms with Crippen LogP contribution in [0.1, 0.15) is 22.3 Å². The Morgan fingerprint density at radius 1 is 1.18 bits per heavy atom. The van der Waals surface area contributed by atoms with Crippen molar-refractivity contribution >= 4 is 28.2 Å². The fourth-order valence-electron chi connectivity index (χ4n) is 5.41. The minimum absolute atomic E-state index is 0.197. The SMILES string of the molecule is [C-]#[N+]c1cc2[nH]nc(-c3cc(C)c4c(c3)CN(C)CC4)c2cc1-c1c(C)cc(NC(=O)CN(C)C)cc1F. The van der Waals surface area contributed by atoms with Crippen molar-refractivity contribution in [2.24, 2.45) is 0 Å². The summed E-state index contributed by atoms with van der Waals surface area (Å²) < 4.78 is 15.6. The van der Waals surface area contributed by atoms with E-state index in [0.717, 1.165) is 41.7 Å². The van der Waals surface area contributed by atoms with Crippen molar-refractivity contribution in [3.8, 4) is 22.4 Å². The molecule has 1 aromatic heterocycles.